The maximum absolute atomic E-state index is 11.5. The molecule has 0 amide bonds. The minimum Gasteiger partial charge on any atom is -0.399 e. The Balaban J connectivity index is 2.27. The fourth-order valence-electron chi connectivity index (χ4n) is 1.77. The lowest BCUT2D eigenvalue weighted by Crippen LogP contribution is -2.25. The van der Waals surface area contributed by atoms with E-state index in [2.05, 4.69) is 9.97 Å². The Morgan fingerprint density at radius 1 is 1.37 bits per heavy atom. The average Bonchev–Trinajstić information content (AvgIpc) is 2.42. The zero-order valence-electron chi connectivity index (χ0n) is 10.6. The molecule has 1 aromatic carbocycles. The number of anilines is 2. The first-order valence-electron chi connectivity index (χ1n) is 5.94. The number of hydrogen-bond donors (Lipinski definition) is 2. The molecule has 0 unspecified atom stereocenters. The monoisotopic (exact) mass is 278 g/mol. The zero-order valence-corrected chi connectivity index (χ0v) is 11.3. The lowest BCUT2D eigenvalue weighted by molar-refractivity contribution is 0.808. The van der Waals surface area contributed by atoms with E-state index in [-0.39, 0.29) is 10.6 Å². The van der Waals surface area contributed by atoms with E-state index < -0.39 is 0 Å². The Kier molecular flexibility index (Phi) is 4.06. The number of nitrogens with two attached hydrogens (primary N) is 1. The van der Waals surface area contributed by atoms with Crippen LogP contribution in [0.25, 0.3) is 0 Å². The second kappa shape index (κ2) is 5.75. The van der Waals surface area contributed by atoms with Crippen LogP contribution < -0.4 is 16.2 Å². The molecule has 0 spiro atoms. The van der Waals surface area contributed by atoms with Crippen molar-refractivity contribution < 1.29 is 0 Å². The highest BCUT2D eigenvalue weighted by Crippen LogP contribution is 2.20. The molecule has 0 bridgehead atoms. The summed E-state index contributed by atoms with van der Waals surface area (Å²) in [5.74, 6) is 0.491. The lowest BCUT2D eigenvalue weighted by Gasteiger charge is -2.22. The predicted octanol–water partition coefficient (Wildman–Crippen LogP) is 2.03. The SMILES string of the molecule is CCN(Cc1ccc(N)cc1)c1nc[nH]c(=O)c1Cl. The first-order valence-corrected chi connectivity index (χ1v) is 6.32. The van der Waals surface area contributed by atoms with Crippen LogP contribution in [0.3, 0.4) is 0 Å². The first-order chi connectivity index (χ1) is 9.11. The molecule has 5 nitrogen and oxygen atoms in total. The van der Waals surface area contributed by atoms with Gasteiger partial charge in [0.2, 0.25) is 0 Å². The van der Waals surface area contributed by atoms with Gasteiger partial charge in [0.1, 0.15) is 5.02 Å². The Bertz CT molecular complexity index is 609. The topological polar surface area (TPSA) is 75.0 Å². The van der Waals surface area contributed by atoms with Crippen LogP contribution in [0.1, 0.15) is 12.5 Å². The molecule has 0 radical (unpaired) electrons. The second-order valence-corrected chi connectivity index (χ2v) is 4.50. The van der Waals surface area contributed by atoms with E-state index in [0.29, 0.717) is 18.9 Å². The number of nitrogens with zero attached hydrogens (tertiary/aromatic N) is 2. The van der Waals surface area contributed by atoms with E-state index >= 15 is 0 Å². The van der Waals surface area contributed by atoms with Crippen molar-refractivity contribution in [2.45, 2.75) is 13.5 Å². The standard InChI is InChI=1S/C13H15ClN4O/c1-2-18(7-9-3-5-10(15)6-4-9)12-11(14)13(19)17-8-16-12/h3-6,8H,2,7,15H2,1H3,(H,16,17,19). The number of aromatic nitrogens is 2. The van der Waals surface area contributed by atoms with E-state index in [1.54, 1.807) is 0 Å². The summed E-state index contributed by atoms with van der Waals surface area (Å²) < 4.78 is 0. The first kappa shape index (κ1) is 13.4. The van der Waals surface area contributed by atoms with Crippen LogP contribution in [0.5, 0.6) is 0 Å². The lowest BCUT2D eigenvalue weighted by atomic mass is 10.2. The largest absolute Gasteiger partial charge is 0.399 e. The highest BCUT2D eigenvalue weighted by molar-refractivity contribution is 6.32. The molecule has 0 saturated heterocycles. The van der Waals surface area contributed by atoms with Gasteiger partial charge < -0.3 is 15.6 Å². The van der Waals surface area contributed by atoms with Gasteiger partial charge in [-0.3, -0.25) is 4.79 Å². The number of H-pyrrole nitrogens is 1. The van der Waals surface area contributed by atoms with Gasteiger partial charge in [0, 0.05) is 18.8 Å². The van der Waals surface area contributed by atoms with Crippen LogP contribution in [-0.2, 0) is 6.54 Å². The normalized spacial score (nSPS) is 10.4. The van der Waals surface area contributed by atoms with Gasteiger partial charge in [-0.15, -0.1) is 0 Å². The third-order valence-electron chi connectivity index (χ3n) is 2.81. The van der Waals surface area contributed by atoms with Gasteiger partial charge in [-0.2, -0.15) is 0 Å². The molecule has 0 aliphatic rings. The minimum absolute atomic E-state index is 0.111. The second-order valence-electron chi connectivity index (χ2n) is 4.13. The van der Waals surface area contributed by atoms with Gasteiger partial charge >= 0.3 is 0 Å². The van der Waals surface area contributed by atoms with Gasteiger partial charge in [-0.1, -0.05) is 23.7 Å². The van der Waals surface area contributed by atoms with Crippen molar-refractivity contribution in [2.24, 2.45) is 0 Å². The summed E-state index contributed by atoms with van der Waals surface area (Å²) >= 11 is 5.99. The molecule has 0 saturated carbocycles. The van der Waals surface area contributed by atoms with Crippen LogP contribution in [-0.4, -0.2) is 16.5 Å². The predicted molar refractivity (Wildman–Crippen MR) is 77.4 cm³/mol. The molecule has 0 atom stereocenters. The smallest absolute Gasteiger partial charge is 0.271 e. The van der Waals surface area contributed by atoms with Gasteiger partial charge in [-0.05, 0) is 24.6 Å². The van der Waals surface area contributed by atoms with Gasteiger partial charge in [-0.25, -0.2) is 4.98 Å². The summed E-state index contributed by atoms with van der Waals surface area (Å²) in [6.45, 7) is 3.30. The average molecular weight is 279 g/mol. The van der Waals surface area contributed by atoms with Crippen molar-refractivity contribution in [3.63, 3.8) is 0 Å². The van der Waals surface area contributed by atoms with Crippen molar-refractivity contribution in [1.29, 1.82) is 0 Å². The van der Waals surface area contributed by atoms with Crippen LogP contribution in [0.2, 0.25) is 5.02 Å². The summed E-state index contributed by atoms with van der Waals surface area (Å²) in [5.41, 5.74) is 7.12. The molecule has 0 aliphatic heterocycles. The van der Waals surface area contributed by atoms with Crippen molar-refractivity contribution in [3.05, 3.63) is 51.5 Å². The molecule has 6 heteroatoms. The van der Waals surface area contributed by atoms with Gasteiger partial charge in [0.15, 0.2) is 5.82 Å². The third kappa shape index (κ3) is 3.06. The molecule has 2 aromatic rings. The molecule has 19 heavy (non-hydrogen) atoms. The van der Waals surface area contributed by atoms with Crippen molar-refractivity contribution >= 4 is 23.1 Å². The maximum atomic E-state index is 11.5. The Morgan fingerprint density at radius 3 is 2.68 bits per heavy atom. The zero-order chi connectivity index (χ0) is 13.8. The third-order valence-corrected chi connectivity index (χ3v) is 3.15. The summed E-state index contributed by atoms with van der Waals surface area (Å²) in [6, 6.07) is 7.57. The van der Waals surface area contributed by atoms with Crippen LogP contribution in [0.15, 0.2) is 35.4 Å². The van der Waals surface area contributed by atoms with E-state index in [1.165, 1.54) is 6.33 Å². The van der Waals surface area contributed by atoms with Crippen molar-refractivity contribution in [2.75, 3.05) is 17.2 Å². The van der Waals surface area contributed by atoms with Gasteiger partial charge in [0.25, 0.3) is 5.56 Å². The summed E-state index contributed by atoms with van der Waals surface area (Å²) in [4.78, 5) is 20.0. The molecule has 0 fully saturated rings. The Labute approximate surface area is 116 Å². The summed E-state index contributed by atoms with van der Waals surface area (Å²) in [6.07, 6.45) is 1.36. The van der Waals surface area contributed by atoms with E-state index in [0.717, 1.165) is 11.3 Å². The summed E-state index contributed by atoms with van der Waals surface area (Å²) in [7, 11) is 0. The number of rotatable bonds is 4. The van der Waals surface area contributed by atoms with Crippen LogP contribution >= 0.6 is 11.6 Å². The number of halogens is 1. The molecule has 1 heterocycles. The van der Waals surface area contributed by atoms with Crippen molar-refractivity contribution in [3.8, 4) is 0 Å². The number of hydrogen-bond acceptors (Lipinski definition) is 4. The van der Waals surface area contributed by atoms with Crippen LogP contribution in [0, 0.1) is 0 Å². The molecule has 1 aromatic heterocycles. The Hall–Kier alpha value is -2.01. The molecule has 0 aliphatic carbocycles. The quantitative estimate of drug-likeness (QED) is 0.839. The van der Waals surface area contributed by atoms with Crippen LogP contribution in [0.4, 0.5) is 11.5 Å². The molecular weight excluding hydrogens is 264 g/mol. The highest BCUT2D eigenvalue weighted by Gasteiger charge is 2.13. The number of aromatic amines is 1. The minimum atomic E-state index is -0.331. The van der Waals surface area contributed by atoms with E-state index in [1.807, 2.05) is 36.1 Å². The van der Waals surface area contributed by atoms with E-state index in [4.69, 9.17) is 17.3 Å². The highest BCUT2D eigenvalue weighted by atomic mass is 35.5. The summed E-state index contributed by atoms with van der Waals surface area (Å²) in [5, 5.41) is 0.111. The number of nitrogens with one attached hydrogen (secondary N) is 1. The molecule has 100 valence electrons. The van der Waals surface area contributed by atoms with E-state index in [9.17, 15) is 4.79 Å². The van der Waals surface area contributed by atoms with Gasteiger partial charge in [0.05, 0.1) is 6.33 Å². The van der Waals surface area contributed by atoms with Crippen molar-refractivity contribution in [1.82, 2.24) is 9.97 Å². The maximum Gasteiger partial charge on any atom is 0.271 e. The molecule has 2 rings (SSSR count). The fourth-order valence-corrected chi connectivity index (χ4v) is 2.00. The Morgan fingerprint density at radius 2 is 2.05 bits per heavy atom. The molecular formula is C13H15ClN4O. The fraction of sp³-hybridized carbons (Fsp3) is 0.231. The number of nitrogen functional groups attached to an aromatic ring is 1. The number of benzene rings is 1. The molecule has 3 N–H and O–H groups in total.